The second kappa shape index (κ2) is 15.0. The molecule has 1 fully saturated rings. The van der Waals surface area contributed by atoms with Crippen molar-refractivity contribution in [1.82, 2.24) is 34.8 Å². The van der Waals surface area contributed by atoms with E-state index >= 15 is 0 Å². The number of carbonyl (C=O) groups is 1. The van der Waals surface area contributed by atoms with E-state index in [1.807, 2.05) is 0 Å². The topological polar surface area (TPSA) is 110 Å². The molecule has 256 valence electrons. The Morgan fingerprint density at radius 2 is 1.27 bits per heavy atom. The molecule has 0 saturated carbocycles. The average Bonchev–Trinajstić information content (AvgIpc) is 2.99. The van der Waals surface area contributed by atoms with Gasteiger partial charge in [-0.05, 0) is 32.9 Å². The number of hydrogen-bond donors (Lipinski definition) is 0. The van der Waals surface area contributed by atoms with E-state index < -0.39 is 42.4 Å². The van der Waals surface area contributed by atoms with Crippen LogP contribution in [-0.4, -0.2) is 78.4 Å². The Labute approximate surface area is 295 Å². The van der Waals surface area contributed by atoms with E-state index in [1.165, 1.54) is 18.3 Å². The third-order valence-electron chi connectivity index (χ3n) is 6.22. The summed E-state index contributed by atoms with van der Waals surface area (Å²) < 4.78 is 73.5. The second-order valence-corrected chi connectivity index (χ2v) is 12.7. The van der Waals surface area contributed by atoms with E-state index in [0.717, 1.165) is 22.1 Å². The van der Waals surface area contributed by atoms with Crippen LogP contribution in [0.5, 0.6) is 0 Å². The molecule has 0 spiro atoms. The lowest BCUT2D eigenvalue weighted by atomic mass is 10.1. The first kappa shape index (κ1) is 37.4. The van der Waals surface area contributed by atoms with E-state index in [-0.39, 0.29) is 61.6 Å². The van der Waals surface area contributed by atoms with Crippen LogP contribution < -0.4 is 4.90 Å². The first-order valence-electron chi connectivity index (χ1n) is 13.5. The maximum atomic E-state index is 14.0. The number of ether oxygens (including phenoxy) is 1. The quantitative estimate of drug-likeness (QED) is 0.115. The van der Waals surface area contributed by atoms with Crippen LogP contribution in [0.1, 0.15) is 20.8 Å². The number of rotatable bonds is 3. The van der Waals surface area contributed by atoms with Crippen molar-refractivity contribution >= 4 is 69.9 Å². The molecule has 5 heterocycles. The summed E-state index contributed by atoms with van der Waals surface area (Å²) in [5.74, 6) is -1.65. The van der Waals surface area contributed by atoms with E-state index in [2.05, 4.69) is 29.9 Å². The molecular weight excluding hydrogens is 753 g/mol. The van der Waals surface area contributed by atoms with Gasteiger partial charge in [0.15, 0.2) is 32.9 Å². The van der Waals surface area contributed by atoms with Crippen molar-refractivity contribution in [2.24, 2.45) is 0 Å². The summed E-state index contributed by atoms with van der Waals surface area (Å²) in [6.45, 7) is 3.84. The van der Waals surface area contributed by atoms with Crippen molar-refractivity contribution in [3.8, 4) is 22.8 Å². The van der Waals surface area contributed by atoms with Crippen LogP contribution in [0, 0.1) is 11.9 Å². The van der Waals surface area contributed by atoms with Gasteiger partial charge in [0, 0.05) is 48.7 Å². The summed E-state index contributed by atoms with van der Waals surface area (Å²) in [6.07, 6.45) is -3.13. The highest BCUT2D eigenvalue weighted by Crippen LogP contribution is 2.38. The van der Waals surface area contributed by atoms with Gasteiger partial charge >= 0.3 is 12.3 Å². The van der Waals surface area contributed by atoms with Crippen LogP contribution in [-0.2, 0) is 4.74 Å². The molecule has 48 heavy (non-hydrogen) atoms. The van der Waals surface area contributed by atoms with Gasteiger partial charge in [0.25, 0.3) is 0 Å². The number of pyridine rings is 2. The van der Waals surface area contributed by atoms with Gasteiger partial charge in [0.05, 0.1) is 6.54 Å². The zero-order valence-electron chi connectivity index (χ0n) is 24.8. The van der Waals surface area contributed by atoms with Crippen LogP contribution in [0.25, 0.3) is 22.8 Å². The Balaban J connectivity index is 0.000000271. The molecule has 0 N–H and O–H groups in total. The Hall–Kier alpha value is -3.37. The molecule has 1 atom stereocenters. The van der Waals surface area contributed by atoms with Gasteiger partial charge in [-0.1, -0.05) is 58.0 Å². The molecule has 5 rings (SSSR count). The SMILES string of the molecule is CC(C)(C)OC(=O)N1CCN(c2nc(-c3ccnc(F)c3)nc(Cl)c2Cl)C(C(F)(F)F)C1.Fc1cc(-c2nc(Cl)c(Cl)c(Cl)n2)ccn1. The fourth-order valence-corrected chi connectivity index (χ4v) is 4.97. The minimum atomic E-state index is -4.73. The third kappa shape index (κ3) is 9.41. The zero-order valence-corrected chi connectivity index (χ0v) is 28.6. The largest absolute Gasteiger partial charge is 0.444 e. The van der Waals surface area contributed by atoms with Crippen LogP contribution >= 0.6 is 58.0 Å². The number of amides is 1. The van der Waals surface area contributed by atoms with Crippen LogP contribution in [0.2, 0.25) is 25.5 Å². The molecule has 4 aromatic heterocycles. The van der Waals surface area contributed by atoms with Crippen molar-refractivity contribution in [2.45, 2.75) is 38.6 Å². The number of piperazine rings is 1. The first-order chi connectivity index (χ1) is 22.3. The molecule has 0 aliphatic carbocycles. The lowest BCUT2D eigenvalue weighted by molar-refractivity contribution is -0.155. The highest BCUT2D eigenvalue weighted by molar-refractivity contribution is 6.47. The highest BCUT2D eigenvalue weighted by Gasteiger charge is 2.49. The molecule has 10 nitrogen and oxygen atoms in total. The molecule has 1 amide bonds. The lowest BCUT2D eigenvalue weighted by Crippen LogP contribution is -2.61. The van der Waals surface area contributed by atoms with Crippen molar-refractivity contribution in [3.05, 3.63) is 74.1 Å². The minimum absolute atomic E-state index is 0.0221. The number of alkyl halides is 3. The fraction of sp³-hybridized carbons (Fsp3) is 0.321. The highest BCUT2D eigenvalue weighted by atomic mass is 35.5. The van der Waals surface area contributed by atoms with Gasteiger partial charge < -0.3 is 14.5 Å². The fourth-order valence-electron chi connectivity index (χ4n) is 4.14. The summed E-state index contributed by atoms with van der Waals surface area (Å²) in [6, 6.07) is 2.99. The molecule has 0 aromatic carbocycles. The number of carbonyl (C=O) groups excluding carboxylic acids is 1. The minimum Gasteiger partial charge on any atom is -0.444 e. The standard InChI is InChI=1S/C19H19Cl2F4N5O2.C9H3Cl3FN3/c1-18(2,3)32-17(31)29-6-7-30(11(9-29)19(23,24)25)16-13(20)14(21)27-15(28-16)10-4-5-26-12(22)8-10;10-6-7(11)15-9(16-8(6)12)4-1-2-14-5(13)3-4/h4-5,8,11H,6-7,9H2,1-3H3;1-3H. The van der Waals surface area contributed by atoms with Gasteiger partial charge in [0.2, 0.25) is 11.9 Å². The summed E-state index contributed by atoms with van der Waals surface area (Å²) in [5, 5.41) is -0.464. The smallest absolute Gasteiger partial charge is 0.410 e. The molecule has 0 radical (unpaired) electrons. The van der Waals surface area contributed by atoms with Gasteiger partial charge in [0.1, 0.15) is 21.7 Å². The Morgan fingerprint density at radius 1 is 0.792 bits per heavy atom. The van der Waals surface area contributed by atoms with Crippen LogP contribution in [0.4, 0.5) is 32.6 Å². The van der Waals surface area contributed by atoms with Gasteiger partial charge in [-0.25, -0.2) is 34.7 Å². The second-order valence-electron chi connectivity index (χ2n) is 10.8. The first-order valence-corrected chi connectivity index (χ1v) is 15.4. The predicted octanol–water partition coefficient (Wildman–Crippen LogP) is 8.61. The summed E-state index contributed by atoms with van der Waals surface area (Å²) in [7, 11) is 0. The normalized spacial score (nSPS) is 15.1. The molecule has 1 saturated heterocycles. The van der Waals surface area contributed by atoms with E-state index in [1.54, 1.807) is 26.8 Å². The number of halogens is 10. The predicted molar refractivity (Wildman–Crippen MR) is 170 cm³/mol. The molecule has 4 aromatic rings. The maximum absolute atomic E-state index is 14.0. The Bertz CT molecular complexity index is 1790. The number of aromatic nitrogens is 6. The van der Waals surface area contributed by atoms with Crippen molar-refractivity contribution in [2.75, 3.05) is 24.5 Å². The zero-order chi connectivity index (χ0) is 35.6. The van der Waals surface area contributed by atoms with Crippen molar-refractivity contribution < 1.29 is 31.5 Å². The summed E-state index contributed by atoms with van der Waals surface area (Å²) in [5.41, 5.74) is -0.276. The summed E-state index contributed by atoms with van der Waals surface area (Å²) >= 11 is 29.4. The van der Waals surface area contributed by atoms with Gasteiger partial charge in [-0.2, -0.15) is 22.0 Å². The van der Waals surface area contributed by atoms with Crippen molar-refractivity contribution in [3.63, 3.8) is 0 Å². The third-order valence-corrected chi connectivity index (χ3v) is 8.03. The van der Waals surface area contributed by atoms with Gasteiger partial charge in [-0.15, -0.1) is 0 Å². The van der Waals surface area contributed by atoms with Crippen LogP contribution in [0.15, 0.2) is 36.7 Å². The maximum Gasteiger partial charge on any atom is 0.410 e. The molecular formula is C28H22Cl5F5N8O2. The molecule has 1 unspecified atom stereocenters. The van der Waals surface area contributed by atoms with E-state index in [0.29, 0.717) is 5.56 Å². The number of nitrogens with zero attached hydrogens (tertiary/aromatic N) is 8. The number of anilines is 1. The van der Waals surface area contributed by atoms with E-state index in [9.17, 15) is 26.7 Å². The number of hydrogen-bond acceptors (Lipinski definition) is 9. The van der Waals surface area contributed by atoms with Gasteiger partial charge in [-0.3, -0.25) is 0 Å². The van der Waals surface area contributed by atoms with E-state index in [4.69, 9.17) is 62.7 Å². The monoisotopic (exact) mass is 772 g/mol. The molecule has 1 aliphatic heterocycles. The molecule has 20 heteroatoms. The average molecular weight is 775 g/mol. The molecule has 1 aliphatic rings. The Morgan fingerprint density at radius 3 is 1.73 bits per heavy atom. The molecule has 0 bridgehead atoms. The Kier molecular flexibility index (Phi) is 11.7. The lowest BCUT2D eigenvalue weighted by Gasteiger charge is -2.43. The van der Waals surface area contributed by atoms with Crippen LogP contribution in [0.3, 0.4) is 0 Å². The summed E-state index contributed by atoms with van der Waals surface area (Å²) in [4.78, 5) is 36.9. The van der Waals surface area contributed by atoms with Crippen molar-refractivity contribution in [1.29, 1.82) is 0 Å².